The van der Waals surface area contributed by atoms with Crippen molar-refractivity contribution in [3.05, 3.63) is 0 Å². The Hall–Kier alpha value is 0.663. The van der Waals surface area contributed by atoms with Crippen LogP contribution in [-0.4, -0.2) is 50.6 Å². The van der Waals surface area contributed by atoms with Gasteiger partial charge in [-0.1, -0.05) is 48.0 Å². The molecule has 2 aliphatic rings. The zero-order chi connectivity index (χ0) is 16.9. The average Bonchev–Trinajstić information content (AvgIpc) is 2.89. The molecule has 15 heteroatoms. The van der Waals surface area contributed by atoms with E-state index in [0.29, 0.717) is 20.1 Å². The molecule has 0 spiro atoms. The van der Waals surface area contributed by atoms with Gasteiger partial charge in [-0.3, -0.25) is 9.59 Å². The zero-order valence-corrected chi connectivity index (χ0v) is 20.6. The van der Waals surface area contributed by atoms with E-state index in [1.165, 1.54) is 33.5 Å². The van der Waals surface area contributed by atoms with E-state index >= 15 is 0 Å². The second kappa shape index (κ2) is 11.3. The third-order valence-corrected chi connectivity index (χ3v) is 4.99. The molecule has 0 unspecified atom stereocenters. The molecule has 2 fully saturated rings. The summed E-state index contributed by atoms with van der Waals surface area (Å²) in [5.74, 6) is 0.521. The molecular weight excluding hydrogens is 506 g/mol. The smallest absolute Gasteiger partial charge is 0.410 e. The Morgan fingerprint density at radius 2 is 1.22 bits per heavy atom. The van der Waals surface area contributed by atoms with Crippen LogP contribution in [0.1, 0.15) is 0 Å². The Balaban J connectivity index is 0.000000403. The van der Waals surface area contributed by atoms with Crippen LogP contribution in [0.3, 0.4) is 0 Å². The normalized spacial score (nSPS) is 16.5. The molecule has 0 radical (unpaired) electrons. The molecule has 2 heterocycles. The van der Waals surface area contributed by atoms with Gasteiger partial charge in [-0.2, -0.15) is 0 Å². The first-order valence-corrected chi connectivity index (χ1v) is 9.59. The maximum absolute atomic E-state index is 11.0. The molecule has 2 rings (SSSR count). The van der Waals surface area contributed by atoms with E-state index in [9.17, 15) is 9.59 Å². The fourth-order valence-corrected chi connectivity index (χ4v) is 3.43. The molecule has 0 aromatic carbocycles. The molecule has 0 bridgehead atoms. The quantitative estimate of drug-likeness (QED) is 0.306. The van der Waals surface area contributed by atoms with E-state index in [1.807, 2.05) is 0 Å². The zero-order valence-electron chi connectivity index (χ0n) is 11.1. The van der Waals surface area contributed by atoms with Gasteiger partial charge in [0.2, 0.25) is 0 Å². The minimum absolute atomic E-state index is 0. The largest absolute Gasteiger partial charge is 2.00 e. The summed E-state index contributed by atoms with van der Waals surface area (Å²) in [5.41, 5.74) is 5.02. The van der Waals surface area contributed by atoms with Crippen molar-refractivity contribution in [2.75, 3.05) is 11.5 Å². The Morgan fingerprint density at radius 3 is 1.39 bits per heavy atom. The van der Waals surface area contributed by atoms with Gasteiger partial charge in [-0.05, 0) is 8.64 Å². The first-order valence-electron chi connectivity index (χ1n) is 5.17. The van der Waals surface area contributed by atoms with Gasteiger partial charge in [-0.25, -0.2) is 10.0 Å². The standard InChI is InChI=1S/2C4H4N2OS4.Zn/c2*7-2-1-11-4(10)6(2)5-3(8)9;/h2*1H2,(H2,5,8,9);/q;;+2/p-2. The van der Waals surface area contributed by atoms with Crippen LogP contribution in [0.2, 0.25) is 0 Å². The summed E-state index contributed by atoms with van der Waals surface area (Å²) in [5, 5.41) is 2.41. The predicted octanol–water partition coefficient (Wildman–Crippen LogP) is 0.364. The Labute approximate surface area is 186 Å². The number of carbonyl (C=O) groups is 2. The van der Waals surface area contributed by atoms with Gasteiger partial charge in [0.15, 0.2) is 8.64 Å². The van der Waals surface area contributed by atoms with Gasteiger partial charge in [0.1, 0.15) is 0 Å². The van der Waals surface area contributed by atoms with Crippen LogP contribution < -0.4 is 10.9 Å². The van der Waals surface area contributed by atoms with Crippen molar-refractivity contribution in [2.45, 2.75) is 0 Å². The number of hydrogen-bond donors (Lipinski definition) is 2. The third kappa shape index (κ3) is 8.05. The molecule has 6 nitrogen and oxygen atoms in total. The SMILES string of the molecule is O=C1CSC(=S)N1NC(=S)[S-].O=C1CSC(=S)N1NC(=S)[S-].[Zn+2]. The van der Waals surface area contributed by atoms with Crippen molar-refractivity contribution in [3.8, 4) is 0 Å². The molecular formula is C8H6N4O2S8Zn. The summed E-state index contributed by atoms with van der Waals surface area (Å²) < 4.78 is 1.20. The summed E-state index contributed by atoms with van der Waals surface area (Å²) in [4.78, 5) is 21.9. The van der Waals surface area contributed by atoms with Gasteiger partial charge in [0.05, 0.1) is 11.5 Å². The van der Waals surface area contributed by atoms with E-state index < -0.39 is 0 Å². The first-order chi connectivity index (χ1) is 10.2. The number of nitrogens with one attached hydrogen (secondary N) is 2. The molecule has 2 N–H and O–H groups in total. The molecule has 23 heavy (non-hydrogen) atoms. The fourth-order valence-electron chi connectivity index (χ4n) is 1.11. The van der Waals surface area contributed by atoms with Crippen LogP contribution in [-0.2, 0) is 54.3 Å². The van der Waals surface area contributed by atoms with Crippen LogP contribution in [0, 0.1) is 0 Å². The predicted molar refractivity (Wildman–Crippen MR) is 110 cm³/mol. The van der Waals surface area contributed by atoms with Crippen molar-refractivity contribution < 1.29 is 29.1 Å². The van der Waals surface area contributed by atoms with Crippen LogP contribution >= 0.6 is 72.4 Å². The molecule has 2 amide bonds. The summed E-state index contributed by atoms with van der Waals surface area (Å²) in [6, 6.07) is 0. The molecule has 0 aliphatic carbocycles. The summed E-state index contributed by atoms with van der Waals surface area (Å²) in [7, 11) is 0. The fraction of sp³-hybridized carbons (Fsp3) is 0.250. The van der Waals surface area contributed by atoms with Gasteiger partial charge < -0.3 is 60.5 Å². The van der Waals surface area contributed by atoms with Crippen LogP contribution in [0.4, 0.5) is 0 Å². The van der Waals surface area contributed by atoms with Gasteiger partial charge in [0.25, 0.3) is 11.8 Å². The maximum Gasteiger partial charge on any atom is 2.00 e. The van der Waals surface area contributed by atoms with Crippen molar-refractivity contribution in [3.63, 3.8) is 0 Å². The number of carbonyl (C=O) groups excluding carboxylic acids is 2. The Morgan fingerprint density at radius 1 is 0.913 bits per heavy atom. The minimum Gasteiger partial charge on any atom is -0.410 e. The summed E-state index contributed by atoms with van der Waals surface area (Å²) >= 11 is 30.6. The number of rotatable bonds is 2. The second-order valence-corrected chi connectivity index (χ2v) is 8.73. The van der Waals surface area contributed by atoms with Gasteiger partial charge in [0, 0.05) is 0 Å². The second-order valence-electron chi connectivity index (χ2n) is 3.37. The van der Waals surface area contributed by atoms with Gasteiger partial charge in [-0.15, -0.1) is 0 Å². The number of amides is 2. The van der Waals surface area contributed by atoms with E-state index in [4.69, 9.17) is 24.4 Å². The Kier molecular flexibility index (Phi) is 11.6. The molecule has 2 aliphatic heterocycles. The van der Waals surface area contributed by atoms with Gasteiger partial charge >= 0.3 is 19.5 Å². The molecule has 2 saturated heterocycles. The van der Waals surface area contributed by atoms with E-state index in [0.717, 1.165) is 0 Å². The minimum atomic E-state index is -0.104. The molecule has 0 aromatic rings. The molecule has 0 aromatic heterocycles. The van der Waals surface area contributed by atoms with Crippen molar-refractivity contribution >= 4 is 127 Å². The summed E-state index contributed by atoms with van der Waals surface area (Å²) in [6.07, 6.45) is 0. The maximum atomic E-state index is 11.0. The van der Waals surface area contributed by atoms with Crippen LogP contribution in [0.15, 0.2) is 0 Å². The number of nitrogens with zero attached hydrogens (tertiary/aromatic N) is 2. The topological polar surface area (TPSA) is 64.7 Å². The van der Waals surface area contributed by atoms with Crippen LogP contribution in [0.5, 0.6) is 0 Å². The third-order valence-electron chi connectivity index (χ3n) is 1.91. The molecule has 0 atom stereocenters. The number of thiocarbonyl (C=S) groups is 4. The number of hydrazine groups is 2. The number of thioether (sulfide) groups is 2. The van der Waals surface area contributed by atoms with E-state index in [1.54, 1.807) is 0 Å². The first kappa shape index (κ1) is 23.7. The number of hydrogen-bond acceptors (Lipinski definition) is 10. The van der Waals surface area contributed by atoms with Crippen molar-refractivity contribution in [1.82, 2.24) is 20.9 Å². The average molecular weight is 512 g/mol. The van der Waals surface area contributed by atoms with E-state index in [2.05, 4.69) is 60.5 Å². The van der Waals surface area contributed by atoms with E-state index in [-0.39, 0.29) is 39.9 Å². The molecule has 120 valence electrons. The Bertz CT molecular complexity index is 478. The van der Waals surface area contributed by atoms with Crippen molar-refractivity contribution in [2.24, 2.45) is 0 Å². The summed E-state index contributed by atoms with van der Waals surface area (Å²) in [6.45, 7) is 0. The monoisotopic (exact) mass is 510 g/mol. The molecule has 0 saturated carbocycles. The van der Waals surface area contributed by atoms with Crippen LogP contribution in [0.25, 0.3) is 0 Å². The van der Waals surface area contributed by atoms with Crippen molar-refractivity contribution in [1.29, 1.82) is 0 Å².